The van der Waals surface area contributed by atoms with E-state index in [9.17, 15) is 35.9 Å². The molecule has 1 saturated carbocycles. The summed E-state index contributed by atoms with van der Waals surface area (Å²) in [6.07, 6.45) is -5.36. The first kappa shape index (κ1) is 36.3. The van der Waals surface area contributed by atoms with Gasteiger partial charge in [0.1, 0.15) is 17.7 Å². The van der Waals surface area contributed by atoms with Crippen LogP contribution in [-0.2, 0) is 29.3 Å². The van der Waals surface area contributed by atoms with E-state index >= 15 is 0 Å². The second kappa shape index (κ2) is 16.4. The van der Waals surface area contributed by atoms with Gasteiger partial charge in [-0.2, -0.15) is 18.2 Å². The number of amides is 2. The molecular weight excluding hydrogens is 636 g/mol. The Hall–Kier alpha value is -4.22. The summed E-state index contributed by atoms with van der Waals surface area (Å²) in [6.45, 7) is -1.78. The van der Waals surface area contributed by atoms with Gasteiger partial charge in [-0.15, -0.1) is 0 Å². The number of benzene rings is 1. The number of fused-ring (bicyclic) bond motifs is 1. The number of nitrogens with zero attached hydrogens (tertiary/aromatic N) is 3. The number of pyridine rings is 1. The maximum Gasteiger partial charge on any atom is 0.418 e. The number of aryl methyl sites for hydroxylation is 1. The second-order valence-corrected chi connectivity index (χ2v) is 10.4. The Kier molecular flexibility index (Phi) is 12.9. The molecule has 2 amide bonds. The van der Waals surface area contributed by atoms with Gasteiger partial charge in [-0.05, 0) is 55.4 Å². The largest absolute Gasteiger partial charge is 0.471 e. The van der Waals surface area contributed by atoms with Crippen molar-refractivity contribution in [1.82, 2.24) is 25.2 Å². The number of aromatic nitrogens is 3. The van der Waals surface area contributed by atoms with Crippen LogP contribution in [0.2, 0.25) is 0 Å². The Morgan fingerprint density at radius 1 is 1.09 bits per heavy atom. The molecule has 0 aliphatic heterocycles. The van der Waals surface area contributed by atoms with Crippen LogP contribution >= 0.6 is 0 Å². The van der Waals surface area contributed by atoms with Crippen molar-refractivity contribution in [1.29, 1.82) is 0 Å². The third-order valence-electron chi connectivity index (χ3n) is 7.20. The molecule has 1 aromatic carbocycles. The van der Waals surface area contributed by atoms with E-state index in [4.69, 9.17) is 18.6 Å². The van der Waals surface area contributed by atoms with E-state index in [1.807, 2.05) is 0 Å². The van der Waals surface area contributed by atoms with Crippen LogP contribution in [0.1, 0.15) is 47.2 Å². The quantitative estimate of drug-likeness (QED) is 0.211. The topological polar surface area (TPSA) is 119 Å². The van der Waals surface area contributed by atoms with E-state index in [2.05, 4.69) is 25.9 Å². The van der Waals surface area contributed by atoms with E-state index in [0.29, 0.717) is 31.2 Å². The summed E-state index contributed by atoms with van der Waals surface area (Å²) in [6, 6.07) is 4.29. The molecule has 46 heavy (non-hydrogen) atoms. The number of halogens is 8. The standard InChI is InChI=1S/C28H32F6N6O4.F2/c1-40-24-21(10-18(26(39-24)44-13-22(30)31)25(42)36-17-6-3-15(11-29)4-7-17)38-27(40)37-20-9-16(12-35-23(41)14-43-2)5-8-19(20)28(32,33)34;1-2/h5,8-10,15,17,22H,3-4,6-7,11-14H2,1-2H3,(H,35,41)(H,36,42)(H,37,38);. The van der Waals surface area contributed by atoms with Gasteiger partial charge in [0, 0.05) is 35.9 Å². The summed E-state index contributed by atoms with van der Waals surface area (Å²) in [4.78, 5) is 33.5. The zero-order chi connectivity index (χ0) is 34.0. The Bertz CT molecular complexity index is 1480. The van der Waals surface area contributed by atoms with E-state index in [1.54, 1.807) is 0 Å². The molecule has 0 spiro atoms. The second-order valence-electron chi connectivity index (χ2n) is 10.4. The van der Waals surface area contributed by atoms with Gasteiger partial charge in [0.05, 0.1) is 17.9 Å². The van der Waals surface area contributed by atoms with Gasteiger partial charge in [0.15, 0.2) is 12.3 Å². The summed E-state index contributed by atoms with van der Waals surface area (Å²) in [5.41, 5.74) is -1.07. The predicted molar refractivity (Wildman–Crippen MR) is 150 cm³/mol. The Morgan fingerprint density at radius 3 is 2.39 bits per heavy atom. The molecule has 0 unspecified atom stereocenters. The van der Waals surface area contributed by atoms with Crippen LogP contribution in [0.15, 0.2) is 24.3 Å². The van der Waals surface area contributed by atoms with Crippen molar-refractivity contribution in [3.05, 3.63) is 41.0 Å². The van der Waals surface area contributed by atoms with Gasteiger partial charge < -0.3 is 25.4 Å². The average Bonchev–Trinajstić information content (AvgIpc) is 3.33. The number of imidazole rings is 1. The van der Waals surface area contributed by atoms with Crippen molar-refractivity contribution < 1.29 is 54.6 Å². The third kappa shape index (κ3) is 9.40. The SMILES string of the molecule is COCC(=O)NCc1ccc(C(F)(F)F)c(Nc2nc3cc(C(=O)NC4CCC(CF)CC4)c(OCC(F)F)nc3n2C)c1.FF. The number of nitrogens with one attached hydrogen (secondary N) is 3. The van der Waals surface area contributed by atoms with Crippen molar-refractivity contribution in [3.63, 3.8) is 0 Å². The zero-order valence-electron chi connectivity index (χ0n) is 24.7. The zero-order valence-corrected chi connectivity index (χ0v) is 24.7. The van der Waals surface area contributed by atoms with Crippen molar-refractivity contribution in [3.8, 4) is 5.88 Å². The maximum atomic E-state index is 13.9. The average molecular weight is 669 g/mol. The smallest absolute Gasteiger partial charge is 0.418 e. The molecule has 0 bridgehead atoms. The molecule has 3 aromatic rings. The molecule has 1 aliphatic carbocycles. The van der Waals surface area contributed by atoms with Gasteiger partial charge in [-0.25, -0.2) is 13.8 Å². The molecule has 2 aromatic heterocycles. The first-order chi connectivity index (χ1) is 21.9. The van der Waals surface area contributed by atoms with Crippen LogP contribution in [0.25, 0.3) is 11.2 Å². The highest BCUT2D eigenvalue weighted by atomic mass is 20.0. The lowest BCUT2D eigenvalue weighted by Crippen LogP contribution is -2.38. The Labute approximate surface area is 257 Å². The summed E-state index contributed by atoms with van der Waals surface area (Å²) in [5, 5.41) is 7.99. The van der Waals surface area contributed by atoms with Crippen LogP contribution in [0.3, 0.4) is 0 Å². The monoisotopic (exact) mass is 668 g/mol. The number of hydrogen-bond acceptors (Lipinski definition) is 7. The van der Waals surface area contributed by atoms with Gasteiger partial charge >= 0.3 is 6.18 Å². The van der Waals surface area contributed by atoms with Gasteiger partial charge in [-0.3, -0.25) is 18.5 Å². The fourth-order valence-electron chi connectivity index (χ4n) is 4.90. The molecule has 1 fully saturated rings. The maximum absolute atomic E-state index is 13.9. The van der Waals surface area contributed by atoms with E-state index in [1.165, 1.54) is 36.9 Å². The van der Waals surface area contributed by atoms with Crippen molar-refractivity contribution in [2.75, 3.05) is 32.3 Å². The molecule has 254 valence electrons. The van der Waals surface area contributed by atoms with Crippen LogP contribution in [0.4, 0.5) is 47.1 Å². The van der Waals surface area contributed by atoms with Gasteiger partial charge in [-0.1, -0.05) is 6.07 Å². The minimum Gasteiger partial charge on any atom is -0.471 e. The Balaban J connectivity index is 0.00000282. The summed E-state index contributed by atoms with van der Waals surface area (Å²) in [5.74, 6) is -1.68. The Morgan fingerprint density at radius 2 is 1.78 bits per heavy atom. The number of carbonyl (C=O) groups is 2. The van der Waals surface area contributed by atoms with Gasteiger partial charge in [0.2, 0.25) is 17.7 Å². The van der Waals surface area contributed by atoms with Crippen molar-refractivity contribution in [2.24, 2.45) is 13.0 Å². The fourth-order valence-corrected chi connectivity index (χ4v) is 4.90. The highest BCUT2D eigenvalue weighted by Crippen LogP contribution is 2.37. The molecular formula is C28H32F8N6O4. The van der Waals surface area contributed by atoms with Crippen molar-refractivity contribution in [2.45, 2.75) is 50.9 Å². The normalized spacial score (nSPS) is 16.5. The molecule has 4 rings (SSSR count). The number of ether oxygens (including phenoxy) is 2. The molecule has 10 nitrogen and oxygen atoms in total. The lowest BCUT2D eigenvalue weighted by Gasteiger charge is -2.27. The lowest BCUT2D eigenvalue weighted by molar-refractivity contribution is -0.137. The molecule has 2 heterocycles. The molecule has 3 N–H and O–H groups in total. The summed E-state index contributed by atoms with van der Waals surface area (Å²) >= 11 is 0. The highest BCUT2D eigenvalue weighted by molar-refractivity contribution is 5.99. The van der Waals surface area contributed by atoms with E-state index in [0.717, 1.165) is 6.07 Å². The van der Waals surface area contributed by atoms with Crippen LogP contribution in [0.5, 0.6) is 5.88 Å². The summed E-state index contributed by atoms with van der Waals surface area (Å²) in [7, 11) is 2.77. The minimum absolute atomic E-state index is 0.0494. The van der Waals surface area contributed by atoms with Crippen LogP contribution in [0, 0.1) is 5.92 Å². The van der Waals surface area contributed by atoms with E-state index in [-0.39, 0.29) is 53.5 Å². The number of methoxy groups -OCH3 is 1. The highest BCUT2D eigenvalue weighted by Gasteiger charge is 2.34. The number of hydrogen-bond donors (Lipinski definition) is 3. The lowest BCUT2D eigenvalue weighted by atomic mass is 9.87. The van der Waals surface area contributed by atoms with E-state index < -0.39 is 49.1 Å². The first-order valence-electron chi connectivity index (χ1n) is 13.9. The van der Waals surface area contributed by atoms with Crippen LogP contribution < -0.4 is 20.7 Å². The van der Waals surface area contributed by atoms with Crippen LogP contribution in [-0.4, -0.2) is 65.8 Å². The fraction of sp³-hybridized carbons (Fsp3) is 0.500. The van der Waals surface area contributed by atoms with Gasteiger partial charge in [0.25, 0.3) is 12.3 Å². The third-order valence-corrected chi connectivity index (χ3v) is 7.20. The number of rotatable bonds is 12. The molecule has 0 saturated heterocycles. The number of alkyl halides is 6. The van der Waals surface area contributed by atoms with Crippen molar-refractivity contribution >= 4 is 34.6 Å². The minimum atomic E-state index is -4.74. The molecule has 1 aliphatic rings. The molecule has 18 heteroatoms. The molecule has 0 radical (unpaired) electrons. The predicted octanol–water partition coefficient (Wildman–Crippen LogP) is 5.74. The number of carbonyl (C=O) groups excluding carboxylic acids is 2. The summed E-state index contributed by atoms with van der Waals surface area (Å²) < 4.78 is 108. The number of anilines is 2. The first-order valence-corrected chi connectivity index (χ1v) is 13.9. The molecule has 0 atom stereocenters.